The van der Waals surface area contributed by atoms with E-state index < -0.39 is 20.0 Å². The highest BCUT2D eigenvalue weighted by Gasteiger charge is 2.19. The first-order valence-electron chi connectivity index (χ1n) is 2.38. The molecule has 0 aromatic heterocycles. The van der Waals surface area contributed by atoms with E-state index in [4.69, 9.17) is 0 Å². The Hall–Kier alpha value is 0.0500. The van der Waals surface area contributed by atoms with Crippen LogP contribution in [0.2, 0.25) is 0 Å². The first kappa shape index (κ1) is 9.05. The lowest BCUT2D eigenvalue weighted by molar-refractivity contribution is 0.170. The van der Waals surface area contributed by atoms with Crippen molar-refractivity contribution in [2.24, 2.45) is 0 Å². The fraction of sp³-hybridized carbons (Fsp3) is 1.00. The molecule has 0 fully saturated rings. The van der Waals surface area contributed by atoms with Gasteiger partial charge in [0.2, 0.25) is 13.8 Å². The maximum absolute atomic E-state index is 11.5. The van der Waals surface area contributed by atoms with Gasteiger partial charge >= 0.3 is 0 Å². The molecule has 0 aliphatic heterocycles. The molecule has 5 heteroatoms. The van der Waals surface area contributed by atoms with E-state index in [1.165, 1.54) is 13.8 Å². The van der Waals surface area contributed by atoms with Gasteiger partial charge < -0.3 is 4.52 Å². The molecule has 0 saturated carbocycles. The molecule has 0 radical (unpaired) electrons. The smallest absolute Gasteiger partial charge is 0.247 e. The molecular formula is C4H9F2O2P. The molecule has 1 unspecified atom stereocenters. The molecular weight excluding hydrogens is 149 g/mol. The molecule has 0 aromatic rings. The van der Waals surface area contributed by atoms with Gasteiger partial charge in [-0.25, -0.2) is 8.78 Å². The molecule has 0 spiro atoms. The zero-order valence-electron chi connectivity index (χ0n) is 5.30. The van der Waals surface area contributed by atoms with E-state index in [1.54, 1.807) is 0 Å². The third-order valence-corrected chi connectivity index (χ3v) is 2.57. The van der Waals surface area contributed by atoms with Crippen molar-refractivity contribution in [3.63, 3.8) is 0 Å². The summed E-state index contributed by atoms with van der Waals surface area (Å²) in [5, 5.41) is 0. The highest BCUT2D eigenvalue weighted by Crippen LogP contribution is 2.42. The van der Waals surface area contributed by atoms with Crippen molar-refractivity contribution in [1.29, 1.82) is 0 Å². The second-order valence-corrected chi connectivity index (χ2v) is 4.53. The van der Waals surface area contributed by atoms with Crippen molar-refractivity contribution in [2.45, 2.75) is 6.43 Å². The zero-order chi connectivity index (χ0) is 7.49. The quantitative estimate of drug-likeness (QED) is 0.585. The van der Waals surface area contributed by atoms with Gasteiger partial charge in [0.25, 0.3) is 0 Å². The lowest BCUT2D eigenvalue weighted by Crippen LogP contribution is -2.00. The van der Waals surface area contributed by atoms with Gasteiger partial charge in [0.05, 0.1) is 6.16 Å². The molecule has 1 atom stereocenters. The maximum atomic E-state index is 11.5. The van der Waals surface area contributed by atoms with Crippen molar-refractivity contribution >= 4 is 7.37 Å². The summed E-state index contributed by atoms with van der Waals surface area (Å²) >= 11 is 0. The molecule has 9 heavy (non-hydrogen) atoms. The SMILES string of the molecule is COP(C)(=O)CC(F)F. The Morgan fingerprint density at radius 3 is 2.22 bits per heavy atom. The van der Waals surface area contributed by atoms with Crippen LogP contribution in [0.5, 0.6) is 0 Å². The van der Waals surface area contributed by atoms with Crippen LogP contribution in [0.4, 0.5) is 8.78 Å². The van der Waals surface area contributed by atoms with Crippen LogP contribution in [0.15, 0.2) is 0 Å². The van der Waals surface area contributed by atoms with Gasteiger partial charge in [-0.3, -0.25) is 4.57 Å². The predicted molar refractivity (Wildman–Crippen MR) is 31.4 cm³/mol. The van der Waals surface area contributed by atoms with Crippen molar-refractivity contribution in [3.05, 3.63) is 0 Å². The van der Waals surface area contributed by atoms with Crippen LogP contribution < -0.4 is 0 Å². The molecule has 0 N–H and O–H groups in total. The average Bonchev–Trinajstić information content (AvgIpc) is 1.63. The summed E-state index contributed by atoms with van der Waals surface area (Å²) in [7, 11) is -1.81. The van der Waals surface area contributed by atoms with Crippen molar-refractivity contribution in [1.82, 2.24) is 0 Å². The van der Waals surface area contributed by atoms with E-state index in [0.29, 0.717) is 0 Å². The lowest BCUT2D eigenvalue weighted by atomic mass is 10.9. The Bertz CT molecular complexity index is 126. The van der Waals surface area contributed by atoms with E-state index in [9.17, 15) is 13.3 Å². The Morgan fingerprint density at radius 2 is 2.11 bits per heavy atom. The summed E-state index contributed by atoms with van der Waals surface area (Å²) in [6.07, 6.45) is -3.19. The monoisotopic (exact) mass is 158 g/mol. The highest BCUT2D eigenvalue weighted by atomic mass is 31.2. The fourth-order valence-electron chi connectivity index (χ4n) is 0.325. The van der Waals surface area contributed by atoms with E-state index in [-0.39, 0.29) is 0 Å². The van der Waals surface area contributed by atoms with Crippen LogP contribution in [-0.4, -0.2) is 26.4 Å². The predicted octanol–water partition coefficient (Wildman–Crippen LogP) is 1.81. The minimum atomic E-state index is -2.98. The van der Waals surface area contributed by atoms with Crippen LogP contribution in [0.1, 0.15) is 0 Å². The molecule has 0 saturated heterocycles. The summed E-state index contributed by atoms with van der Waals surface area (Å²) in [6.45, 7) is 1.19. The lowest BCUT2D eigenvalue weighted by Gasteiger charge is -2.07. The minimum Gasteiger partial charge on any atom is -0.332 e. The number of hydrogen-bond donors (Lipinski definition) is 0. The Labute approximate surface area is 52.7 Å². The van der Waals surface area contributed by atoms with Crippen LogP contribution in [0, 0.1) is 0 Å². The van der Waals surface area contributed by atoms with Gasteiger partial charge in [-0.15, -0.1) is 0 Å². The summed E-state index contributed by atoms with van der Waals surface area (Å²) in [5.74, 6) is 0. The number of alkyl halides is 2. The fourth-order valence-corrected chi connectivity index (χ4v) is 0.976. The summed E-state index contributed by atoms with van der Waals surface area (Å²) in [4.78, 5) is 0. The van der Waals surface area contributed by atoms with Crippen molar-refractivity contribution < 1.29 is 17.9 Å². The Morgan fingerprint density at radius 1 is 1.67 bits per heavy atom. The second-order valence-electron chi connectivity index (χ2n) is 1.77. The standard InChI is InChI=1S/C4H9F2O2P/c1-8-9(2,7)3-4(5)6/h4H,3H2,1-2H3. The molecule has 0 aliphatic rings. The van der Waals surface area contributed by atoms with Gasteiger partial charge in [-0.05, 0) is 0 Å². The van der Waals surface area contributed by atoms with E-state index in [2.05, 4.69) is 4.52 Å². The van der Waals surface area contributed by atoms with Crippen LogP contribution in [0.25, 0.3) is 0 Å². The third-order valence-electron chi connectivity index (χ3n) is 0.856. The zero-order valence-corrected chi connectivity index (χ0v) is 6.20. The molecule has 0 aromatic carbocycles. The summed E-state index contributed by atoms with van der Waals surface area (Å²) in [5.41, 5.74) is 0. The highest BCUT2D eigenvalue weighted by molar-refractivity contribution is 7.58. The van der Waals surface area contributed by atoms with Crippen LogP contribution >= 0.6 is 7.37 Å². The molecule has 0 heterocycles. The first-order chi connectivity index (χ1) is 3.98. The number of rotatable bonds is 3. The van der Waals surface area contributed by atoms with Crippen molar-refractivity contribution in [2.75, 3.05) is 19.9 Å². The van der Waals surface area contributed by atoms with Crippen LogP contribution in [0.3, 0.4) is 0 Å². The summed E-state index contributed by atoms with van der Waals surface area (Å²) in [6, 6.07) is 0. The molecule has 2 nitrogen and oxygen atoms in total. The topological polar surface area (TPSA) is 26.3 Å². The van der Waals surface area contributed by atoms with Gasteiger partial charge in [0.15, 0.2) is 0 Å². The van der Waals surface area contributed by atoms with Crippen LogP contribution in [-0.2, 0) is 9.09 Å². The molecule has 56 valence electrons. The minimum absolute atomic E-state index is 0.649. The first-order valence-corrected chi connectivity index (χ1v) is 4.64. The van der Waals surface area contributed by atoms with Gasteiger partial charge in [-0.2, -0.15) is 0 Å². The van der Waals surface area contributed by atoms with E-state index in [0.717, 1.165) is 0 Å². The van der Waals surface area contributed by atoms with Gasteiger partial charge in [-0.1, -0.05) is 0 Å². The van der Waals surface area contributed by atoms with E-state index >= 15 is 0 Å². The molecule has 0 bridgehead atoms. The molecule has 0 rings (SSSR count). The third kappa shape index (κ3) is 4.55. The van der Waals surface area contributed by atoms with Crippen molar-refractivity contribution in [3.8, 4) is 0 Å². The number of halogens is 2. The van der Waals surface area contributed by atoms with E-state index in [1.807, 2.05) is 0 Å². The van der Waals surface area contributed by atoms with Gasteiger partial charge in [0, 0.05) is 13.8 Å². The normalized spacial score (nSPS) is 17.9. The molecule has 0 aliphatic carbocycles. The van der Waals surface area contributed by atoms with Gasteiger partial charge in [0.1, 0.15) is 0 Å². The Balaban J connectivity index is 3.73. The second kappa shape index (κ2) is 3.28. The molecule has 0 amide bonds. The average molecular weight is 158 g/mol. The largest absolute Gasteiger partial charge is 0.332 e. The summed E-state index contributed by atoms with van der Waals surface area (Å²) < 4.78 is 37.9. The Kier molecular flexibility index (Phi) is 3.30. The maximum Gasteiger partial charge on any atom is 0.247 e. The number of hydrogen-bond acceptors (Lipinski definition) is 2.